The van der Waals surface area contributed by atoms with E-state index in [9.17, 15) is 10.1 Å². The Morgan fingerprint density at radius 1 is 1.33 bits per heavy atom. The maximum Gasteiger partial charge on any atom is 0.288 e. The number of hydrogen-bond acceptors (Lipinski definition) is 6. The van der Waals surface area contributed by atoms with E-state index in [1.807, 2.05) is 0 Å². The first kappa shape index (κ1) is 13.3. The Morgan fingerprint density at radius 3 is 2.90 bits per heavy atom. The smallest absolute Gasteiger partial charge is 0.288 e. The zero-order chi connectivity index (χ0) is 15.0. The van der Waals surface area contributed by atoms with Gasteiger partial charge in [0.15, 0.2) is 11.5 Å². The summed E-state index contributed by atoms with van der Waals surface area (Å²) in [5.41, 5.74) is 7.36. The molecular weight excluding hydrogens is 296 g/mol. The number of benzene rings is 1. The number of nitrogens with two attached hydrogens (primary N) is 1. The minimum Gasteiger partial charge on any atom is -0.382 e. The van der Waals surface area contributed by atoms with Crippen LogP contribution in [0.25, 0.3) is 11.2 Å². The van der Waals surface area contributed by atoms with Crippen LogP contribution in [0, 0.1) is 10.1 Å². The van der Waals surface area contributed by atoms with Gasteiger partial charge in [-0.15, -0.1) is 0 Å². The van der Waals surface area contributed by atoms with Gasteiger partial charge in [0.1, 0.15) is 16.9 Å². The number of rotatable bonds is 3. The summed E-state index contributed by atoms with van der Waals surface area (Å²) in [4.78, 5) is 22.5. The highest BCUT2D eigenvalue weighted by Gasteiger charge is 2.14. The second-order valence-corrected chi connectivity index (χ2v) is 4.75. The molecule has 0 unspecified atom stereocenters. The number of hydrogen-bond donors (Lipinski definition) is 1. The molecule has 3 rings (SSSR count). The van der Waals surface area contributed by atoms with E-state index < -0.39 is 4.92 Å². The lowest BCUT2D eigenvalue weighted by Crippen LogP contribution is -2.01. The van der Waals surface area contributed by atoms with Crippen molar-refractivity contribution in [1.82, 2.24) is 19.5 Å². The van der Waals surface area contributed by atoms with Crippen LogP contribution >= 0.6 is 11.6 Å². The molecule has 0 atom stereocenters. The molecule has 0 fully saturated rings. The average Bonchev–Trinajstić information content (AvgIpc) is 2.85. The van der Waals surface area contributed by atoms with Crippen LogP contribution in [0.5, 0.6) is 0 Å². The second-order valence-electron chi connectivity index (χ2n) is 4.35. The van der Waals surface area contributed by atoms with Crippen LogP contribution in [0.1, 0.15) is 5.56 Å². The Bertz CT molecular complexity index is 847. The first-order valence-electron chi connectivity index (χ1n) is 5.90. The lowest BCUT2D eigenvalue weighted by atomic mass is 10.2. The van der Waals surface area contributed by atoms with Crippen molar-refractivity contribution < 1.29 is 4.92 Å². The molecule has 1 aromatic carbocycles. The van der Waals surface area contributed by atoms with E-state index in [0.717, 1.165) is 0 Å². The summed E-state index contributed by atoms with van der Waals surface area (Å²) in [6, 6.07) is 4.64. The van der Waals surface area contributed by atoms with Crippen molar-refractivity contribution in [3.63, 3.8) is 0 Å². The van der Waals surface area contributed by atoms with Crippen LogP contribution in [0.3, 0.4) is 0 Å². The number of fused-ring (bicyclic) bond motifs is 1. The molecule has 2 N–H and O–H groups in total. The molecule has 0 amide bonds. The van der Waals surface area contributed by atoms with Gasteiger partial charge in [-0.05, 0) is 11.6 Å². The molecule has 8 nitrogen and oxygen atoms in total. The average molecular weight is 305 g/mol. The third-order valence-electron chi connectivity index (χ3n) is 2.99. The molecule has 0 aliphatic rings. The molecule has 0 bridgehead atoms. The number of nitrogen functional groups attached to an aromatic ring is 1. The fourth-order valence-electron chi connectivity index (χ4n) is 2.01. The summed E-state index contributed by atoms with van der Waals surface area (Å²) in [6.07, 6.45) is 2.91. The molecule has 2 heterocycles. The Morgan fingerprint density at radius 2 is 2.14 bits per heavy atom. The van der Waals surface area contributed by atoms with E-state index in [2.05, 4.69) is 15.0 Å². The fourth-order valence-corrected chi connectivity index (χ4v) is 2.19. The van der Waals surface area contributed by atoms with Gasteiger partial charge in [0.25, 0.3) is 5.69 Å². The van der Waals surface area contributed by atoms with Crippen LogP contribution in [0.15, 0.2) is 30.9 Å². The normalized spacial score (nSPS) is 10.9. The molecule has 3 aromatic rings. The summed E-state index contributed by atoms with van der Waals surface area (Å²) in [5, 5.41) is 11.0. The molecule has 0 spiro atoms. The minimum atomic E-state index is -0.516. The molecule has 0 saturated heterocycles. The second kappa shape index (κ2) is 4.98. The predicted octanol–water partition coefficient (Wildman–Crippen LogP) is 2.02. The molecule has 0 saturated carbocycles. The van der Waals surface area contributed by atoms with Gasteiger partial charge in [0, 0.05) is 6.07 Å². The number of halogens is 1. The van der Waals surface area contributed by atoms with Crippen molar-refractivity contribution in [2.75, 3.05) is 5.73 Å². The first-order valence-corrected chi connectivity index (χ1v) is 6.28. The van der Waals surface area contributed by atoms with Gasteiger partial charge in [-0.3, -0.25) is 10.1 Å². The zero-order valence-corrected chi connectivity index (χ0v) is 11.4. The summed E-state index contributed by atoms with van der Waals surface area (Å²) < 4.78 is 1.74. The standard InChI is InChI=1S/C12H9ClN6O2/c13-8-2-1-7(3-9(8)19(20)21)4-18-6-17-10-11(14)15-5-16-12(10)18/h1-3,5-6H,4H2,(H2,14,15,16). The van der Waals surface area contributed by atoms with Crippen molar-refractivity contribution in [3.8, 4) is 0 Å². The van der Waals surface area contributed by atoms with Crippen LogP contribution in [-0.2, 0) is 6.54 Å². The number of aromatic nitrogens is 4. The summed E-state index contributed by atoms with van der Waals surface area (Å²) in [6.45, 7) is 0.366. The maximum atomic E-state index is 10.9. The maximum absolute atomic E-state index is 10.9. The fraction of sp³-hybridized carbons (Fsp3) is 0.0833. The van der Waals surface area contributed by atoms with E-state index in [0.29, 0.717) is 29.1 Å². The molecule has 106 valence electrons. The van der Waals surface area contributed by atoms with Gasteiger partial charge in [-0.1, -0.05) is 17.7 Å². The van der Waals surface area contributed by atoms with E-state index in [4.69, 9.17) is 17.3 Å². The quantitative estimate of drug-likeness (QED) is 0.585. The van der Waals surface area contributed by atoms with E-state index in [1.54, 1.807) is 17.0 Å². The number of nitro benzene ring substituents is 1. The molecular formula is C12H9ClN6O2. The van der Waals surface area contributed by atoms with Gasteiger partial charge in [0.05, 0.1) is 17.8 Å². The van der Waals surface area contributed by atoms with E-state index >= 15 is 0 Å². The Kier molecular flexibility index (Phi) is 3.15. The van der Waals surface area contributed by atoms with Gasteiger partial charge in [0.2, 0.25) is 0 Å². The van der Waals surface area contributed by atoms with Gasteiger partial charge in [-0.2, -0.15) is 0 Å². The number of imidazole rings is 1. The minimum absolute atomic E-state index is 0.103. The van der Waals surface area contributed by atoms with Crippen molar-refractivity contribution in [2.45, 2.75) is 6.54 Å². The van der Waals surface area contributed by atoms with Crippen molar-refractivity contribution in [3.05, 3.63) is 51.6 Å². The molecule has 2 aromatic heterocycles. The van der Waals surface area contributed by atoms with Crippen LogP contribution in [-0.4, -0.2) is 24.4 Å². The van der Waals surface area contributed by atoms with Crippen LogP contribution in [0.2, 0.25) is 5.02 Å². The largest absolute Gasteiger partial charge is 0.382 e. The highest BCUT2D eigenvalue weighted by Crippen LogP contribution is 2.26. The topological polar surface area (TPSA) is 113 Å². The lowest BCUT2D eigenvalue weighted by Gasteiger charge is -2.05. The van der Waals surface area contributed by atoms with Crippen LogP contribution < -0.4 is 5.73 Å². The Balaban J connectivity index is 2.01. The number of nitrogens with zero attached hydrogens (tertiary/aromatic N) is 5. The lowest BCUT2D eigenvalue weighted by molar-refractivity contribution is -0.384. The highest BCUT2D eigenvalue weighted by atomic mass is 35.5. The molecule has 9 heteroatoms. The monoisotopic (exact) mass is 304 g/mol. The Labute approximate surface area is 123 Å². The summed E-state index contributed by atoms with van der Waals surface area (Å²) in [7, 11) is 0. The summed E-state index contributed by atoms with van der Waals surface area (Å²) in [5.74, 6) is 0.292. The molecule has 0 aliphatic heterocycles. The van der Waals surface area contributed by atoms with Gasteiger partial charge < -0.3 is 10.3 Å². The van der Waals surface area contributed by atoms with Crippen molar-refractivity contribution in [2.24, 2.45) is 0 Å². The predicted molar refractivity (Wildman–Crippen MR) is 76.9 cm³/mol. The zero-order valence-electron chi connectivity index (χ0n) is 10.6. The number of nitro groups is 1. The molecule has 0 aliphatic carbocycles. The molecule has 0 radical (unpaired) electrons. The number of anilines is 1. The van der Waals surface area contributed by atoms with E-state index in [-0.39, 0.29) is 10.7 Å². The first-order chi connectivity index (χ1) is 10.1. The van der Waals surface area contributed by atoms with Crippen molar-refractivity contribution >= 4 is 34.3 Å². The third kappa shape index (κ3) is 2.36. The third-order valence-corrected chi connectivity index (χ3v) is 3.31. The highest BCUT2D eigenvalue weighted by molar-refractivity contribution is 6.32. The van der Waals surface area contributed by atoms with Crippen molar-refractivity contribution in [1.29, 1.82) is 0 Å². The summed E-state index contributed by atoms with van der Waals surface area (Å²) >= 11 is 5.79. The molecule has 21 heavy (non-hydrogen) atoms. The van der Waals surface area contributed by atoms with Crippen LogP contribution in [0.4, 0.5) is 11.5 Å². The van der Waals surface area contributed by atoms with E-state index in [1.165, 1.54) is 18.5 Å². The van der Waals surface area contributed by atoms with Gasteiger partial charge in [-0.25, -0.2) is 15.0 Å². The van der Waals surface area contributed by atoms with Gasteiger partial charge >= 0.3 is 0 Å². The SMILES string of the molecule is Nc1ncnc2c1ncn2Cc1ccc(Cl)c([N+](=O)[O-])c1. The Hall–Kier alpha value is -2.74.